The molecule has 0 aliphatic carbocycles. The molecule has 34 heavy (non-hydrogen) atoms. The maximum atomic E-state index is 12.8. The number of amides is 1. The Bertz CT molecular complexity index is 1370. The summed E-state index contributed by atoms with van der Waals surface area (Å²) in [6, 6.07) is 19.6. The van der Waals surface area contributed by atoms with Gasteiger partial charge in [-0.15, -0.1) is 12.4 Å². The number of halogens is 2. The molecule has 1 fully saturated rings. The number of nitrogens with zero attached hydrogens (tertiary/aromatic N) is 2. The SMILES string of the molecule is C[C@@H](CN1CCC(n2c(=O)[nH]c3cc(Cl)ccc32)CC1)NC(=O)c1ccc2ccccc2c1.Cl. The lowest BCUT2D eigenvalue weighted by Gasteiger charge is -2.34. The first-order valence-electron chi connectivity index (χ1n) is 11.4. The second kappa shape index (κ2) is 10.2. The zero-order valence-electron chi connectivity index (χ0n) is 19.0. The Hall–Kier alpha value is -2.80. The van der Waals surface area contributed by atoms with Crippen LogP contribution in [0.15, 0.2) is 65.5 Å². The summed E-state index contributed by atoms with van der Waals surface area (Å²) in [4.78, 5) is 30.6. The molecule has 1 amide bonds. The van der Waals surface area contributed by atoms with E-state index in [0.29, 0.717) is 10.6 Å². The molecule has 1 atom stereocenters. The monoisotopic (exact) mass is 498 g/mol. The molecule has 8 heteroatoms. The molecule has 1 aromatic heterocycles. The largest absolute Gasteiger partial charge is 0.348 e. The highest BCUT2D eigenvalue weighted by atomic mass is 35.5. The minimum absolute atomic E-state index is 0. The first-order valence-corrected chi connectivity index (χ1v) is 11.8. The van der Waals surface area contributed by atoms with Crippen LogP contribution in [0.5, 0.6) is 0 Å². The van der Waals surface area contributed by atoms with Gasteiger partial charge in [0, 0.05) is 42.3 Å². The minimum atomic E-state index is -0.0817. The van der Waals surface area contributed by atoms with Gasteiger partial charge in [-0.1, -0.05) is 41.9 Å². The van der Waals surface area contributed by atoms with E-state index < -0.39 is 0 Å². The van der Waals surface area contributed by atoms with Crippen molar-refractivity contribution in [3.05, 3.63) is 81.7 Å². The molecule has 2 N–H and O–H groups in total. The van der Waals surface area contributed by atoms with Gasteiger partial charge in [-0.25, -0.2) is 4.79 Å². The summed E-state index contributed by atoms with van der Waals surface area (Å²) in [5.41, 5.74) is 2.28. The molecule has 0 radical (unpaired) electrons. The predicted molar refractivity (Wildman–Crippen MR) is 140 cm³/mol. The zero-order chi connectivity index (χ0) is 22.9. The molecule has 3 aromatic carbocycles. The average Bonchev–Trinajstić information content (AvgIpc) is 3.13. The van der Waals surface area contributed by atoms with E-state index in [1.165, 1.54) is 0 Å². The number of imidazole rings is 1. The number of aromatic amines is 1. The van der Waals surface area contributed by atoms with Crippen molar-refractivity contribution in [1.29, 1.82) is 0 Å². The molecule has 1 aliphatic rings. The van der Waals surface area contributed by atoms with Crippen LogP contribution in [0.2, 0.25) is 5.02 Å². The molecule has 4 aromatic rings. The van der Waals surface area contributed by atoms with E-state index >= 15 is 0 Å². The van der Waals surface area contributed by atoms with Gasteiger partial charge >= 0.3 is 5.69 Å². The number of carbonyl (C=O) groups excluding carboxylic acids is 1. The standard InChI is InChI=1S/C26H27ClN4O2.ClH/c1-17(28-25(32)20-7-6-18-4-2-3-5-19(18)14-20)16-30-12-10-22(11-13-30)31-24-9-8-21(27)15-23(24)29-26(31)33;/h2-9,14-15,17,22H,10-13,16H2,1H3,(H,28,32)(H,29,33);1H/t17-;/m0./s1. The smallest absolute Gasteiger partial charge is 0.326 e. The molecule has 6 nitrogen and oxygen atoms in total. The van der Waals surface area contributed by atoms with Crippen molar-refractivity contribution >= 4 is 51.7 Å². The molecule has 0 unspecified atom stereocenters. The molecule has 1 aliphatic heterocycles. The number of fused-ring (bicyclic) bond motifs is 2. The third kappa shape index (κ3) is 4.99. The molecular formula is C26H28Cl2N4O2. The fourth-order valence-electron chi connectivity index (χ4n) is 4.90. The predicted octanol–water partition coefficient (Wildman–Crippen LogP) is 5.01. The number of H-pyrrole nitrogens is 1. The highest BCUT2D eigenvalue weighted by Gasteiger charge is 2.25. The second-order valence-corrected chi connectivity index (χ2v) is 9.37. The summed E-state index contributed by atoms with van der Waals surface area (Å²) in [5.74, 6) is -0.0489. The van der Waals surface area contributed by atoms with Crippen LogP contribution in [-0.2, 0) is 0 Å². The van der Waals surface area contributed by atoms with E-state index in [0.717, 1.165) is 54.3 Å². The number of hydrogen-bond donors (Lipinski definition) is 2. The first-order chi connectivity index (χ1) is 16.0. The highest BCUT2D eigenvalue weighted by Crippen LogP contribution is 2.26. The van der Waals surface area contributed by atoms with Gasteiger partial charge in [-0.05, 0) is 60.9 Å². The van der Waals surface area contributed by atoms with E-state index in [9.17, 15) is 9.59 Å². The van der Waals surface area contributed by atoms with E-state index in [-0.39, 0.29) is 36.1 Å². The Kier molecular flexibility index (Phi) is 7.31. The van der Waals surface area contributed by atoms with Crippen LogP contribution in [0, 0.1) is 0 Å². The molecule has 2 heterocycles. The molecule has 1 saturated heterocycles. The Morgan fingerprint density at radius 2 is 1.82 bits per heavy atom. The van der Waals surface area contributed by atoms with Gasteiger partial charge in [-0.2, -0.15) is 0 Å². The van der Waals surface area contributed by atoms with Crippen molar-refractivity contribution < 1.29 is 4.79 Å². The fourth-order valence-corrected chi connectivity index (χ4v) is 5.07. The lowest BCUT2D eigenvalue weighted by molar-refractivity contribution is 0.0921. The summed E-state index contributed by atoms with van der Waals surface area (Å²) in [5, 5.41) is 5.94. The molecule has 178 valence electrons. The summed E-state index contributed by atoms with van der Waals surface area (Å²) >= 11 is 6.07. The minimum Gasteiger partial charge on any atom is -0.348 e. The quantitative estimate of drug-likeness (QED) is 0.406. The van der Waals surface area contributed by atoms with Crippen LogP contribution in [0.25, 0.3) is 21.8 Å². The molecule has 5 rings (SSSR count). The Labute approximate surface area is 209 Å². The summed E-state index contributed by atoms with van der Waals surface area (Å²) in [7, 11) is 0. The highest BCUT2D eigenvalue weighted by molar-refractivity contribution is 6.31. The number of aromatic nitrogens is 2. The number of nitrogens with one attached hydrogen (secondary N) is 2. The van der Waals surface area contributed by atoms with Crippen molar-refractivity contribution in [3.8, 4) is 0 Å². The first kappa shape index (κ1) is 24.3. The summed E-state index contributed by atoms with van der Waals surface area (Å²) in [6.07, 6.45) is 1.78. The number of carbonyl (C=O) groups is 1. The molecule has 0 bridgehead atoms. The maximum Gasteiger partial charge on any atom is 0.326 e. The number of likely N-dealkylation sites (tertiary alicyclic amines) is 1. The average molecular weight is 499 g/mol. The van der Waals surface area contributed by atoms with Gasteiger partial charge < -0.3 is 15.2 Å². The number of piperidine rings is 1. The van der Waals surface area contributed by atoms with Gasteiger partial charge in [0.05, 0.1) is 11.0 Å². The number of benzene rings is 3. The third-order valence-corrected chi connectivity index (χ3v) is 6.76. The van der Waals surface area contributed by atoms with Crippen LogP contribution >= 0.6 is 24.0 Å². The van der Waals surface area contributed by atoms with Crippen molar-refractivity contribution in [2.75, 3.05) is 19.6 Å². The van der Waals surface area contributed by atoms with E-state index in [1.54, 1.807) is 6.07 Å². The summed E-state index contributed by atoms with van der Waals surface area (Å²) < 4.78 is 1.87. The summed E-state index contributed by atoms with van der Waals surface area (Å²) in [6.45, 7) is 4.59. The Morgan fingerprint density at radius 3 is 2.59 bits per heavy atom. The fraction of sp³-hybridized carbons (Fsp3) is 0.308. The number of hydrogen-bond acceptors (Lipinski definition) is 3. The van der Waals surface area contributed by atoms with Crippen molar-refractivity contribution in [3.63, 3.8) is 0 Å². The maximum absolute atomic E-state index is 12.8. The third-order valence-electron chi connectivity index (χ3n) is 6.52. The van der Waals surface area contributed by atoms with Crippen LogP contribution in [0.1, 0.15) is 36.2 Å². The van der Waals surface area contributed by atoms with Gasteiger partial charge in [0.1, 0.15) is 0 Å². The Balaban J connectivity index is 0.00000274. The van der Waals surface area contributed by atoms with Crippen molar-refractivity contribution in [2.24, 2.45) is 0 Å². The number of rotatable bonds is 5. The van der Waals surface area contributed by atoms with Gasteiger partial charge in [-0.3, -0.25) is 9.36 Å². The van der Waals surface area contributed by atoms with Crippen LogP contribution < -0.4 is 11.0 Å². The van der Waals surface area contributed by atoms with Crippen molar-refractivity contribution in [1.82, 2.24) is 19.8 Å². The Morgan fingerprint density at radius 1 is 1.09 bits per heavy atom. The van der Waals surface area contributed by atoms with E-state index in [2.05, 4.69) is 15.2 Å². The van der Waals surface area contributed by atoms with Gasteiger partial charge in [0.2, 0.25) is 0 Å². The lowest BCUT2D eigenvalue weighted by Crippen LogP contribution is -2.45. The van der Waals surface area contributed by atoms with Crippen molar-refractivity contribution in [2.45, 2.75) is 31.8 Å². The topological polar surface area (TPSA) is 70.1 Å². The van der Waals surface area contributed by atoms with E-state index in [4.69, 9.17) is 11.6 Å². The van der Waals surface area contributed by atoms with Gasteiger partial charge in [0.25, 0.3) is 5.91 Å². The van der Waals surface area contributed by atoms with Crippen LogP contribution in [0.3, 0.4) is 0 Å². The van der Waals surface area contributed by atoms with Gasteiger partial charge in [0.15, 0.2) is 0 Å². The van der Waals surface area contributed by atoms with E-state index in [1.807, 2.05) is 66.1 Å². The lowest BCUT2D eigenvalue weighted by atomic mass is 10.0. The van der Waals surface area contributed by atoms with Crippen LogP contribution in [-0.4, -0.2) is 46.0 Å². The van der Waals surface area contributed by atoms with Crippen LogP contribution in [0.4, 0.5) is 0 Å². The molecule has 0 saturated carbocycles. The molecule has 0 spiro atoms. The normalized spacial score (nSPS) is 15.8. The zero-order valence-corrected chi connectivity index (χ0v) is 20.5. The second-order valence-electron chi connectivity index (χ2n) is 8.93. The molecular weight excluding hydrogens is 471 g/mol.